The van der Waals surface area contributed by atoms with Crippen molar-refractivity contribution in [2.45, 2.75) is 58.8 Å². The molecule has 1 nitrogen and oxygen atoms in total. The van der Waals surface area contributed by atoms with Crippen molar-refractivity contribution in [2.24, 2.45) is 0 Å². The van der Waals surface area contributed by atoms with Crippen LogP contribution in [0.3, 0.4) is 0 Å². The highest BCUT2D eigenvalue weighted by atomic mass is 16.1. The van der Waals surface area contributed by atoms with E-state index in [-0.39, 0.29) is 0 Å². The monoisotopic (exact) mass is 182 g/mol. The highest BCUT2D eigenvalue weighted by molar-refractivity contribution is 5.75. The summed E-state index contributed by atoms with van der Waals surface area (Å²) in [6.45, 7) is 3.86. The Balaban J connectivity index is 3.03. The Labute approximate surface area is 82.2 Å². The second-order valence-corrected chi connectivity index (χ2v) is 3.56. The molecule has 0 unspecified atom stereocenters. The Morgan fingerprint density at radius 3 is 2.38 bits per heavy atom. The largest absolute Gasteiger partial charge is 0.300 e. The molecule has 0 aliphatic rings. The van der Waals surface area contributed by atoms with Gasteiger partial charge in [-0.1, -0.05) is 31.9 Å². The van der Waals surface area contributed by atoms with Crippen LogP contribution in [-0.2, 0) is 4.79 Å². The lowest BCUT2D eigenvalue weighted by atomic mass is 10.1. The van der Waals surface area contributed by atoms with Crippen LogP contribution in [0, 0.1) is 0 Å². The minimum atomic E-state index is 0.321. The molecule has 0 amide bonds. The van der Waals surface area contributed by atoms with E-state index in [2.05, 4.69) is 19.1 Å². The third kappa shape index (κ3) is 11.4. The highest BCUT2D eigenvalue weighted by Gasteiger charge is 1.92. The third-order valence-electron chi connectivity index (χ3n) is 2.02. The van der Waals surface area contributed by atoms with Crippen LogP contribution in [0.2, 0.25) is 0 Å². The van der Waals surface area contributed by atoms with Gasteiger partial charge in [0.25, 0.3) is 0 Å². The number of unbranched alkanes of at least 4 members (excludes halogenated alkanes) is 4. The fourth-order valence-corrected chi connectivity index (χ4v) is 1.22. The highest BCUT2D eigenvalue weighted by Crippen LogP contribution is 2.04. The summed E-state index contributed by atoms with van der Waals surface area (Å²) in [5.74, 6) is 0.321. The van der Waals surface area contributed by atoms with Gasteiger partial charge in [0.1, 0.15) is 5.78 Å². The van der Waals surface area contributed by atoms with Crippen molar-refractivity contribution < 1.29 is 4.79 Å². The number of carbonyl (C=O) groups is 1. The van der Waals surface area contributed by atoms with E-state index in [9.17, 15) is 4.79 Å². The van der Waals surface area contributed by atoms with Gasteiger partial charge in [-0.2, -0.15) is 0 Å². The van der Waals surface area contributed by atoms with E-state index in [1.54, 1.807) is 6.92 Å². The summed E-state index contributed by atoms with van der Waals surface area (Å²) in [7, 11) is 0. The maximum absolute atomic E-state index is 10.6. The van der Waals surface area contributed by atoms with Gasteiger partial charge in [-0.3, -0.25) is 0 Å². The Kier molecular flexibility index (Phi) is 9.07. The number of carbonyl (C=O) groups excluding carboxylic acids is 1. The third-order valence-corrected chi connectivity index (χ3v) is 2.02. The van der Waals surface area contributed by atoms with E-state index < -0.39 is 0 Å². The molecular formula is C12H22O. The minimum absolute atomic E-state index is 0.321. The Hall–Kier alpha value is -0.590. The van der Waals surface area contributed by atoms with Crippen LogP contribution >= 0.6 is 0 Å². The fraction of sp³-hybridized carbons (Fsp3) is 0.750. The van der Waals surface area contributed by atoms with Crippen molar-refractivity contribution in [3.05, 3.63) is 12.2 Å². The number of hydrogen-bond acceptors (Lipinski definition) is 1. The van der Waals surface area contributed by atoms with E-state index in [0.29, 0.717) is 5.78 Å². The Morgan fingerprint density at radius 1 is 1.08 bits per heavy atom. The van der Waals surface area contributed by atoms with Gasteiger partial charge in [0, 0.05) is 6.42 Å². The molecule has 0 atom stereocenters. The van der Waals surface area contributed by atoms with Crippen molar-refractivity contribution in [1.29, 1.82) is 0 Å². The zero-order valence-electron chi connectivity index (χ0n) is 9.01. The smallest absolute Gasteiger partial charge is 0.129 e. The molecule has 0 aliphatic heterocycles. The maximum atomic E-state index is 10.6. The van der Waals surface area contributed by atoms with Gasteiger partial charge >= 0.3 is 0 Å². The second kappa shape index (κ2) is 9.50. The van der Waals surface area contributed by atoms with Gasteiger partial charge in [-0.05, 0) is 32.6 Å². The Bertz CT molecular complexity index is 147. The lowest BCUT2D eigenvalue weighted by molar-refractivity contribution is -0.117. The molecule has 0 aromatic rings. The molecule has 0 heterocycles. The first-order chi connectivity index (χ1) is 6.27. The van der Waals surface area contributed by atoms with Gasteiger partial charge in [0.05, 0.1) is 0 Å². The number of rotatable bonds is 8. The summed E-state index contributed by atoms with van der Waals surface area (Å²) >= 11 is 0. The molecule has 13 heavy (non-hydrogen) atoms. The van der Waals surface area contributed by atoms with Crippen LogP contribution in [-0.4, -0.2) is 5.78 Å². The van der Waals surface area contributed by atoms with E-state index in [0.717, 1.165) is 12.8 Å². The van der Waals surface area contributed by atoms with E-state index in [1.165, 1.54) is 32.1 Å². The molecule has 0 aliphatic carbocycles. The van der Waals surface area contributed by atoms with Crippen molar-refractivity contribution in [1.82, 2.24) is 0 Å². The number of ketones is 1. The molecule has 0 spiro atoms. The van der Waals surface area contributed by atoms with E-state index >= 15 is 0 Å². The molecule has 1 heteroatoms. The van der Waals surface area contributed by atoms with Gasteiger partial charge in [-0.25, -0.2) is 0 Å². The van der Waals surface area contributed by atoms with Crippen LogP contribution in [0.1, 0.15) is 58.8 Å². The molecule has 0 aromatic heterocycles. The normalized spacial score (nSPS) is 10.9. The average molecular weight is 182 g/mol. The summed E-state index contributed by atoms with van der Waals surface area (Å²) in [4.78, 5) is 10.6. The van der Waals surface area contributed by atoms with Crippen molar-refractivity contribution >= 4 is 5.78 Å². The van der Waals surface area contributed by atoms with Crippen LogP contribution in [0.5, 0.6) is 0 Å². The number of Topliss-reactive ketones (excluding diaryl/α,β-unsaturated/α-hetero) is 1. The van der Waals surface area contributed by atoms with Crippen molar-refractivity contribution in [2.75, 3.05) is 0 Å². The molecular weight excluding hydrogens is 160 g/mol. The van der Waals surface area contributed by atoms with Gasteiger partial charge in [-0.15, -0.1) is 0 Å². The zero-order chi connectivity index (χ0) is 9.94. The predicted octanol–water partition coefficient (Wildman–Crippen LogP) is 3.88. The summed E-state index contributed by atoms with van der Waals surface area (Å²) < 4.78 is 0. The molecule has 0 saturated heterocycles. The summed E-state index contributed by atoms with van der Waals surface area (Å²) in [5.41, 5.74) is 0. The molecule has 0 N–H and O–H groups in total. The SMILES string of the molecule is CCCC=CCCCCCC(C)=O. The van der Waals surface area contributed by atoms with Crippen LogP contribution in [0.4, 0.5) is 0 Å². The summed E-state index contributed by atoms with van der Waals surface area (Å²) in [6, 6.07) is 0. The summed E-state index contributed by atoms with van der Waals surface area (Å²) in [6.07, 6.45) is 12.4. The van der Waals surface area contributed by atoms with E-state index in [1.807, 2.05) is 0 Å². The lowest BCUT2D eigenvalue weighted by Gasteiger charge is -1.95. The summed E-state index contributed by atoms with van der Waals surface area (Å²) in [5, 5.41) is 0. The molecule has 0 bridgehead atoms. The van der Waals surface area contributed by atoms with Gasteiger partial charge < -0.3 is 4.79 Å². The first-order valence-electron chi connectivity index (χ1n) is 5.41. The topological polar surface area (TPSA) is 17.1 Å². The first-order valence-corrected chi connectivity index (χ1v) is 5.41. The van der Waals surface area contributed by atoms with Crippen LogP contribution < -0.4 is 0 Å². The average Bonchev–Trinajstić information content (AvgIpc) is 2.09. The number of hydrogen-bond donors (Lipinski definition) is 0. The maximum Gasteiger partial charge on any atom is 0.129 e. The van der Waals surface area contributed by atoms with Crippen molar-refractivity contribution in [3.8, 4) is 0 Å². The fourth-order valence-electron chi connectivity index (χ4n) is 1.22. The standard InChI is InChI=1S/C12H22O/c1-3-4-5-6-7-8-9-10-11-12(2)13/h5-6H,3-4,7-11H2,1-2H3. The Morgan fingerprint density at radius 2 is 1.77 bits per heavy atom. The quantitative estimate of drug-likeness (QED) is 0.411. The first kappa shape index (κ1) is 12.4. The molecule has 0 aromatic carbocycles. The van der Waals surface area contributed by atoms with Gasteiger partial charge in [0.2, 0.25) is 0 Å². The predicted molar refractivity (Wildman–Crippen MR) is 57.8 cm³/mol. The van der Waals surface area contributed by atoms with E-state index in [4.69, 9.17) is 0 Å². The van der Waals surface area contributed by atoms with Crippen LogP contribution in [0.15, 0.2) is 12.2 Å². The number of allylic oxidation sites excluding steroid dienone is 2. The zero-order valence-corrected chi connectivity index (χ0v) is 9.01. The molecule has 76 valence electrons. The molecule has 0 rings (SSSR count). The molecule has 0 saturated carbocycles. The molecule has 0 fully saturated rings. The second-order valence-electron chi connectivity index (χ2n) is 3.56. The van der Waals surface area contributed by atoms with Gasteiger partial charge in [0.15, 0.2) is 0 Å². The molecule has 0 radical (unpaired) electrons. The van der Waals surface area contributed by atoms with Crippen molar-refractivity contribution in [3.63, 3.8) is 0 Å². The lowest BCUT2D eigenvalue weighted by Crippen LogP contribution is -1.88. The van der Waals surface area contributed by atoms with Crippen LogP contribution in [0.25, 0.3) is 0 Å². The minimum Gasteiger partial charge on any atom is -0.300 e.